The van der Waals surface area contributed by atoms with Gasteiger partial charge in [-0.3, -0.25) is 14.7 Å². The van der Waals surface area contributed by atoms with Crippen LogP contribution in [-0.2, 0) is 21.4 Å². The van der Waals surface area contributed by atoms with E-state index >= 15 is 0 Å². The van der Waals surface area contributed by atoms with Gasteiger partial charge in [0.25, 0.3) is 0 Å². The highest BCUT2D eigenvalue weighted by Gasteiger charge is 2.42. The van der Waals surface area contributed by atoms with Crippen molar-refractivity contribution in [3.8, 4) is 0 Å². The number of anilines is 1. The first-order valence-electron chi connectivity index (χ1n) is 13.2. The molecule has 2 aromatic rings. The number of halogens is 1. The monoisotopic (exact) mass is 526 g/mol. The van der Waals surface area contributed by atoms with Gasteiger partial charge in [0, 0.05) is 43.7 Å². The minimum Gasteiger partial charge on any atom is -0.444 e. The molecule has 0 aliphatic carbocycles. The molecule has 4 rings (SSSR count). The number of aliphatic hydroxyl groups excluding tert-OH is 1. The molecular formula is C29H39FN4O4. The van der Waals surface area contributed by atoms with Gasteiger partial charge in [-0.1, -0.05) is 32.0 Å². The fourth-order valence-electron chi connectivity index (χ4n) is 5.27. The zero-order valence-corrected chi connectivity index (χ0v) is 23.2. The van der Waals surface area contributed by atoms with Gasteiger partial charge in [0.15, 0.2) is 0 Å². The lowest BCUT2D eigenvalue weighted by Gasteiger charge is -2.44. The van der Waals surface area contributed by atoms with Crippen LogP contribution in [0.1, 0.15) is 58.4 Å². The number of carbonyl (C=O) groups excluding carboxylic acids is 2. The molecule has 1 N–H and O–H groups in total. The number of piperazine rings is 1. The van der Waals surface area contributed by atoms with E-state index in [4.69, 9.17) is 9.72 Å². The molecular weight excluding hydrogens is 487 g/mol. The molecule has 1 fully saturated rings. The highest BCUT2D eigenvalue weighted by atomic mass is 19.1. The van der Waals surface area contributed by atoms with Crippen LogP contribution in [0.5, 0.6) is 0 Å². The largest absolute Gasteiger partial charge is 0.444 e. The molecule has 38 heavy (non-hydrogen) atoms. The highest BCUT2D eigenvalue weighted by Crippen LogP contribution is 2.40. The fraction of sp³-hybridized carbons (Fsp3) is 0.552. The number of nitrogens with zero attached hydrogens (tertiary/aromatic N) is 4. The van der Waals surface area contributed by atoms with E-state index in [1.54, 1.807) is 34.2 Å². The summed E-state index contributed by atoms with van der Waals surface area (Å²) in [7, 11) is 0. The van der Waals surface area contributed by atoms with Crippen LogP contribution in [0.4, 0.5) is 14.9 Å². The maximum atomic E-state index is 14.3. The Morgan fingerprint density at radius 2 is 1.92 bits per heavy atom. The van der Waals surface area contributed by atoms with Gasteiger partial charge < -0.3 is 19.6 Å². The first-order valence-corrected chi connectivity index (χ1v) is 13.2. The predicted octanol–water partition coefficient (Wildman–Crippen LogP) is 3.74. The fourth-order valence-corrected chi connectivity index (χ4v) is 5.27. The van der Waals surface area contributed by atoms with Crippen LogP contribution in [0.2, 0.25) is 0 Å². The Kier molecular flexibility index (Phi) is 7.81. The van der Waals surface area contributed by atoms with Crippen LogP contribution in [-0.4, -0.2) is 82.4 Å². The molecule has 2 unspecified atom stereocenters. The third-order valence-corrected chi connectivity index (χ3v) is 7.19. The maximum Gasteiger partial charge on any atom is 0.410 e. The minimum atomic E-state index is -0.617. The summed E-state index contributed by atoms with van der Waals surface area (Å²) >= 11 is 0. The molecule has 1 aromatic carbocycles. The van der Waals surface area contributed by atoms with Gasteiger partial charge in [0.2, 0.25) is 5.91 Å². The van der Waals surface area contributed by atoms with E-state index in [0.29, 0.717) is 25.1 Å². The predicted molar refractivity (Wildman–Crippen MR) is 144 cm³/mol. The Bertz CT molecular complexity index is 1200. The van der Waals surface area contributed by atoms with Gasteiger partial charge >= 0.3 is 6.09 Å². The first kappa shape index (κ1) is 28.0. The van der Waals surface area contributed by atoms with Crippen LogP contribution in [0, 0.1) is 5.82 Å². The van der Waals surface area contributed by atoms with E-state index in [1.165, 1.54) is 6.07 Å². The zero-order valence-electron chi connectivity index (χ0n) is 23.2. The quantitative estimate of drug-likeness (QED) is 0.639. The van der Waals surface area contributed by atoms with Crippen LogP contribution in [0.15, 0.2) is 36.5 Å². The smallest absolute Gasteiger partial charge is 0.410 e. The molecule has 1 aromatic heterocycles. The normalized spacial score (nSPS) is 21.4. The average molecular weight is 527 g/mol. The number of carbonyl (C=O) groups is 2. The molecule has 206 valence electrons. The van der Waals surface area contributed by atoms with Gasteiger partial charge in [0.05, 0.1) is 30.6 Å². The van der Waals surface area contributed by atoms with Crippen molar-refractivity contribution in [2.75, 3.05) is 37.7 Å². The topological polar surface area (TPSA) is 86.2 Å². The second-order valence-electron chi connectivity index (χ2n) is 12.1. The van der Waals surface area contributed by atoms with Crippen molar-refractivity contribution in [2.45, 2.75) is 71.1 Å². The maximum absolute atomic E-state index is 14.3. The Hall–Kier alpha value is -3.04. The Morgan fingerprint density at radius 3 is 2.58 bits per heavy atom. The second kappa shape index (κ2) is 10.6. The summed E-state index contributed by atoms with van der Waals surface area (Å²) < 4.78 is 19.8. The summed E-state index contributed by atoms with van der Waals surface area (Å²) in [5.74, 6) is -0.367. The lowest BCUT2D eigenvalue weighted by molar-refractivity contribution is -0.121. The molecule has 2 aliphatic rings. The third kappa shape index (κ3) is 5.99. The summed E-state index contributed by atoms with van der Waals surface area (Å²) in [6.07, 6.45) is 1.73. The molecule has 2 amide bonds. The number of fused-ring (bicyclic) bond motifs is 1. The summed E-state index contributed by atoms with van der Waals surface area (Å²) in [5, 5.41) is 10.1. The molecule has 8 nitrogen and oxygen atoms in total. The summed E-state index contributed by atoms with van der Waals surface area (Å²) in [5.41, 5.74) is 2.04. The molecule has 2 atom stereocenters. The van der Waals surface area contributed by atoms with E-state index in [1.807, 2.05) is 38.7 Å². The standard InChI is InChI=1S/C29H39FN4O4/c1-19-14-32(22(17-35)15-33(19)27(37)38-28(2,3)4)16-25(36)34-18-29(5,6)26-24(34)12-20(13-31-26)11-21-9-7-8-10-23(21)30/h7-10,12-13,19,22,35H,11,14-18H2,1-6H3. The second-order valence-corrected chi connectivity index (χ2v) is 12.1. The Morgan fingerprint density at radius 1 is 1.21 bits per heavy atom. The van der Waals surface area contributed by atoms with Crippen LogP contribution in [0.25, 0.3) is 0 Å². The average Bonchev–Trinajstić information content (AvgIpc) is 3.10. The number of ether oxygens (including phenoxy) is 1. The molecule has 0 spiro atoms. The lowest BCUT2D eigenvalue weighted by atomic mass is 9.91. The highest BCUT2D eigenvalue weighted by molar-refractivity contribution is 5.97. The number of pyridine rings is 1. The number of hydrogen-bond donors (Lipinski definition) is 1. The molecule has 0 bridgehead atoms. The van der Waals surface area contributed by atoms with Crippen molar-refractivity contribution in [1.29, 1.82) is 0 Å². The van der Waals surface area contributed by atoms with Crippen LogP contribution >= 0.6 is 0 Å². The molecule has 1 saturated heterocycles. The molecule has 3 heterocycles. The van der Waals surface area contributed by atoms with Gasteiger partial charge in [-0.25, -0.2) is 9.18 Å². The molecule has 9 heteroatoms. The van der Waals surface area contributed by atoms with E-state index in [0.717, 1.165) is 16.9 Å². The summed E-state index contributed by atoms with van der Waals surface area (Å²) in [4.78, 5) is 36.4. The van der Waals surface area contributed by atoms with Crippen molar-refractivity contribution in [1.82, 2.24) is 14.8 Å². The van der Waals surface area contributed by atoms with Gasteiger partial charge in [0.1, 0.15) is 11.4 Å². The van der Waals surface area contributed by atoms with Gasteiger partial charge in [-0.15, -0.1) is 0 Å². The Labute approximate surface area is 224 Å². The van der Waals surface area contributed by atoms with Crippen molar-refractivity contribution in [3.05, 3.63) is 59.2 Å². The first-order chi connectivity index (χ1) is 17.8. The van der Waals surface area contributed by atoms with Gasteiger partial charge in [-0.2, -0.15) is 0 Å². The van der Waals surface area contributed by atoms with E-state index in [-0.39, 0.29) is 48.9 Å². The lowest BCUT2D eigenvalue weighted by Crippen LogP contribution is -2.62. The number of hydrogen-bond acceptors (Lipinski definition) is 6. The van der Waals surface area contributed by atoms with Crippen molar-refractivity contribution in [3.63, 3.8) is 0 Å². The number of aromatic nitrogens is 1. The molecule has 0 radical (unpaired) electrons. The number of amides is 2. The molecule has 2 aliphatic heterocycles. The van der Waals surface area contributed by atoms with Crippen molar-refractivity contribution < 1.29 is 23.8 Å². The zero-order chi connectivity index (χ0) is 27.8. The Balaban J connectivity index is 1.51. The number of rotatable bonds is 5. The van der Waals surface area contributed by atoms with E-state index in [9.17, 15) is 19.1 Å². The SMILES string of the molecule is CC1CN(CC(=O)N2CC(C)(C)c3ncc(Cc4ccccc4F)cc32)C(CO)CN1C(=O)OC(C)(C)C. The van der Waals surface area contributed by atoms with Crippen LogP contribution < -0.4 is 4.90 Å². The number of aliphatic hydroxyl groups is 1. The summed E-state index contributed by atoms with van der Waals surface area (Å²) in [6, 6.07) is 8.03. The van der Waals surface area contributed by atoms with Crippen molar-refractivity contribution in [2.24, 2.45) is 0 Å². The third-order valence-electron chi connectivity index (χ3n) is 7.19. The van der Waals surface area contributed by atoms with E-state index < -0.39 is 11.7 Å². The molecule has 0 saturated carbocycles. The van der Waals surface area contributed by atoms with Gasteiger partial charge in [-0.05, 0) is 51.0 Å². The summed E-state index contributed by atoms with van der Waals surface area (Å²) in [6.45, 7) is 12.6. The van der Waals surface area contributed by atoms with E-state index in [2.05, 4.69) is 13.8 Å². The minimum absolute atomic E-state index is 0.0990. The number of benzene rings is 1. The van der Waals surface area contributed by atoms with Crippen molar-refractivity contribution >= 4 is 17.7 Å². The van der Waals surface area contributed by atoms with Crippen LogP contribution in [0.3, 0.4) is 0 Å².